The highest BCUT2D eigenvalue weighted by atomic mass is 35.5. The van der Waals surface area contributed by atoms with Gasteiger partial charge in [-0.15, -0.1) is 10.2 Å². The fraction of sp³-hybridized carbons (Fsp3) is 0.545. The van der Waals surface area contributed by atoms with Crippen molar-refractivity contribution in [2.45, 2.75) is 52.1 Å². The van der Waals surface area contributed by atoms with Gasteiger partial charge in [0.05, 0.1) is 17.1 Å². The van der Waals surface area contributed by atoms with E-state index in [1.807, 2.05) is 36.9 Å². The minimum absolute atomic E-state index is 0.000659. The van der Waals surface area contributed by atoms with Gasteiger partial charge in [0.25, 0.3) is 0 Å². The number of amides is 2. The third-order valence-electron chi connectivity index (χ3n) is 5.87. The third kappa shape index (κ3) is 4.51. The molecule has 1 aromatic carbocycles. The van der Waals surface area contributed by atoms with Gasteiger partial charge in [0.15, 0.2) is 0 Å². The molecule has 0 radical (unpaired) electrons. The lowest BCUT2D eigenvalue weighted by molar-refractivity contribution is -0.143. The van der Waals surface area contributed by atoms with Crippen molar-refractivity contribution in [2.75, 3.05) is 13.1 Å². The van der Waals surface area contributed by atoms with Crippen LogP contribution in [0.25, 0.3) is 11.5 Å². The zero-order chi connectivity index (χ0) is 21.3. The molecule has 2 amide bonds. The summed E-state index contributed by atoms with van der Waals surface area (Å²) in [5.41, 5.74) is 0.674. The monoisotopic (exact) mass is 430 g/mol. The van der Waals surface area contributed by atoms with E-state index in [-0.39, 0.29) is 36.2 Å². The Labute approximate surface area is 181 Å². The van der Waals surface area contributed by atoms with Crippen molar-refractivity contribution in [1.82, 2.24) is 20.0 Å². The van der Waals surface area contributed by atoms with Crippen LogP contribution in [-0.2, 0) is 16.1 Å². The molecule has 2 heterocycles. The van der Waals surface area contributed by atoms with E-state index in [0.717, 1.165) is 12.8 Å². The molecule has 1 aliphatic heterocycles. The van der Waals surface area contributed by atoms with Crippen LogP contribution in [0.3, 0.4) is 0 Å². The summed E-state index contributed by atoms with van der Waals surface area (Å²) >= 11 is 6.21. The summed E-state index contributed by atoms with van der Waals surface area (Å²) in [6, 6.07) is 7.28. The number of hydrogen-bond donors (Lipinski definition) is 0. The highest BCUT2D eigenvalue weighted by Gasteiger charge is 2.37. The average molecular weight is 431 g/mol. The maximum Gasteiger partial charge on any atom is 0.249 e. The molecule has 2 aromatic rings. The Balaban J connectivity index is 1.40. The number of halogens is 1. The molecule has 4 rings (SSSR count). The molecule has 0 bridgehead atoms. The molecule has 2 aliphatic rings. The van der Waals surface area contributed by atoms with Gasteiger partial charge in [-0.1, -0.05) is 23.7 Å². The van der Waals surface area contributed by atoms with Gasteiger partial charge in [-0.25, -0.2) is 0 Å². The van der Waals surface area contributed by atoms with Crippen molar-refractivity contribution in [2.24, 2.45) is 11.8 Å². The van der Waals surface area contributed by atoms with Crippen molar-refractivity contribution in [1.29, 1.82) is 0 Å². The number of likely N-dealkylation sites (tertiary alicyclic amines) is 1. The first-order valence-corrected chi connectivity index (χ1v) is 11.0. The highest BCUT2D eigenvalue weighted by molar-refractivity contribution is 6.33. The predicted octanol–water partition coefficient (Wildman–Crippen LogP) is 3.78. The molecule has 0 atom stereocenters. The smallest absolute Gasteiger partial charge is 0.249 e. The van der Waals surface area contributed by atoms with Gasteiger partial charge >= 0.3 is 0 Å². The maximum atomic E-state index is 13.2. The fourth-order valence-electron chi connectivity index (χ4n) is 3.89. The second-order valence-electron chi connectivity index (χ2n) is 8.41. The minimum Gasteiger partial charge on any atom is -0.419 e. The normalized spacial score (nSPS) is 17.4. The van der Waals surface area contributed by atoms with E-state index in [1.165, 1.54) is 0 Å². The topological polar surface area (TPSA) is 79.5 Å². The minimum atomic E-state index is -0.0818. The number of hydrogen-bond acceptors (Lipinski definition) is 5. The Morgan fingerprint density at radius 2 is 1.83 bits per heavy atom. The van der Waals surface area contributed by atoms with Gasteiger partial charge in [0, 0.05) is 31.0 Å². The first-order valence-electron chi connectivity index (χ1n) is 10.6. The molecule has 1 saturated carbocycles. The third-order valence-corrected chi connectivity index (χ3v) is 6.20. The summed E-state index contributed by atoms with van der Waals surface area (Å²) in [4.78, 5) is 29.2. The maximum absolute atomic E-state index is 13.2. The Morgan fingerprint density at radius 3 is 2.47 bits per heavy atom. The molecule has 7 nitrogen and oxygen atoms in total. The summed E-state index contributed by atoms with van der Waals surface area (Å²) in [5, 5.41) is 8.76. The van der Waals surface area contributed by atoms with Crippen LogP contribution in [0, 0.1) is 11.8 Å². The molecule has 0 unspecified atom stereocenters. The molecular weight excluding hydrogens is 404 g/mol. The first kappa shape index (κ1) is 20.8. The molecule has 8 heteroatoms. The van der Waals surface area contributed by atoms with Crippen LogP contribution < -0.4 is 0 Å². The Hall–Kier alpha value is -2.41. The van der Waals surface area contributed by atoms with Crippen LogP contribution in [0.5, 0.6) is 0 Å². The molecule has 2 fully saturated rings. The van der Waals surface area contributed by atoms with E-state index in [1.54, 1.807) is 11.0 Å². The molecule has 0 spiro atoms. The standard InChI is InChI=1S/C22H27ClN4O3/c1-14(2)27(13-19-24-25-20(30-19)17-5-3-4-6-18(17)23)22(29)16-9-11-26(12-10-16)21(28)15-7-8-15/h3-6,14-16H,7-13H2,1-2H3. The lowest BCUT2D eigenvalue weighted by atomic mass is 9.94. The largest absolute Gasteiger partial charge is 0.419 e. The highest BCUT2D eigenvalue weighted by Crippen LogP contribution is 2.33. The van der Waals surface area contributed by atoms with E-state index < -0.39 is 0 Å². The van der Waals surface area contributed by atoms with E-state index in [9.17, 15) is 9.59 Å². The Bertz CT molecular complexity index is 917. The van der Waals surface area contributed by atoms with Crippen LogP contribution >= 0.6 is 11.6 Å². The quantitative estimate of drug-likeness (QED) is 0.696. The lowest BCUT2D eigenvalue weighted by Crippen LogP contribution is -2.46. The molecule has 0 N–H and O–H groups in total. The van der Waals surface area contributed by atoms with Crippen LogP contribution in [-0.4, -0.2) is 50.9 Å². The number of benzene rings is 1. The van der Waals surface area contributed by atoms with E-state index in [2.05, 4.69) is 10.2 Å². The number of carbonyl (C=O) groups is 2. The van der Waals surface area contributed by atoms with Crippen molar-refractivity contribution in [3.63, 3.8) is 0 Å². The molecule has 1 aliphatic carbocycles. The van der Waals surface area contributed by atoms with Crippen LogP contribution in [0.15, 0.2) is 28.7 Å². The van der Waals surface area contributed by atoms with Gasteiger partial charge in [-0.2, -0.15) is 0 Å². The Morgan fingerprint density at radius 1 is 1.13 bits per heavy atom. The summed E-state index contributed by atoms with van der Waals surface area (Å²) in [6.45, 7) is 5.54. The van der Waals surface area contributed by atoms with Gasteiger partial charge in [0.1, 0.15) is 0 Å². The predicted molar refractivity (Wildman–Crippen MR) is 112 cm³/mol. The summed E-state index contributed by atoms with van der Waals surface area (Å²) < 4.78 is 5.80. The molecule has 30 heavy (non-hydrogen) atoms. The number of carbonyl (C=O) groups excluding carboxylic acids is 2. The average Bonchev–Trinajstić information content (AvgIpc) is 3.50. The number of rotatable bonds is 6. The van der Waals surface area contributed by atoms with Crippen LogP contribution in [0.4, 0.5) is 0 Å². The molecule has 1 aromatic heterocycles. The number of nitrogens with zero attached hydrogens (tertiary/aromatic N) is 4. The molecular formula is C22H27ClN4O3. The second kappa shape index (κ2) is 8.76. The van der Waals surface area contributed by atoms with E-state index >= 15 is 0 Å². The zero-order valence-electron chi connectivity index (χ0n) is 17.4. The zero-order valence-corrected chi connectivity index (χ0v) is 18.1. The van der Waals surface area contributed by atoms with Crippen LogP contribution in [0.2, 0.25) is 5.02 Å². The van der Waals surface area contributed by atoms with Gasteiger partial charge in [0.2, 0.25) is 23.6 Å². The summed E-state index contributed by atoms with van der Waals surface area (Å²) in [5.74, 6) is 1.23. The summed E-state index contributed by atoms with van der Waals surface area (Å²) in [6.07, 6.45) is 3.43. The Kier molecular flexibility index (Phi) is 6.09. The van der Waals surface area contributed by atoms with Gasteiger partial charge in [-0.05, 0) is 51.7 Å². The molecule has 160 valence electrons. The van der Waals surface area contributed by atoms with Crippen molar-refractivity contribution in [3.8, 4) is 11.5 Å². The van der Waals surface area contributed by atoms with E-state index in [0.29, 0.717) is 48.3 Å². The number of aromatic nitrogens is 2. The lowest BCUT2D eigenvalue weighted by Gasteiger charge is -2.35. The summed E-state index contributed by atoms with van der Waals surface area (Å²) in [7, 11) is 0. The van der Waals surface area contributed by atoms with Crippen LogP contribution in [0.1, 0.15) is 45.4 Å². The van der Waals surface area contributed by atoms with Gasteiger partial charge < -0.3 is 14.2 Å². The van der Waals surface area contributed by atoms with Crippen molar-refractivity contribution >= 4 is 23.4 Å². The fourth-order valence-corrected chi connectivity index (χ4v) is 4.11. The van der Waals surface area contributed by atoms with Crippen molar-refractivity contribution < 1.29 is 14.0 Å². The van der Waals surface area contributed by atoms with Gasteiger partial charge in [-0.3, -0.25) is 9.59 Å². The SMILES string of the molecule is CC(C)N(Cc1nnc(-c2ccccc2Cl)o1)C(=O)C1CCN(C(=O)C2CC2)CC1. The van der Waals surface area contributed by atoms with Crippen molar-refractivity contribution in [3.05, 3.63) is 35.2 Å². The van der Waals surface area contributed by atoms with E-state index in [4.69, 9.17) is 16.0 Å². The first-order chi connectivity index (χ1) is 14.4. The molecule has 1 saturated heterocycles. The number of piperidine rings is 1. The second-order valence-corrected chi connectivity index (χ2v) is 8.82.